The van der Waals surface area contributed by atoms with Gasteiger partial charge in [0.25, 0.3) is 5.92 Å². The van der Waals surface area contributed by atoms with Gasteiger partial charge in [-0.3, -0.25) is 9.48 Å². The first-order valence-corrected chi connectivity index (χ1v) is 15.3. The van der Waals surface area contributed by atoms with Crippen molar-refractivity contribution in [3.05, 3.63) is 59.5 Å². The summed E-state index contributed by atoms with van der Waals surface area (Å²) >= 11 is 6.50. The summed E-state index contributed by atoms with van der Waals surface area (Å²) in [6.45, 7) is 3.99. The third-order valence-electron chi connectivity index (χ3n) is 8.47. The Kier molecular flexibility index (Phi) is 8.57. The summed E-state index contributed by atoms with van der Waals surface area (Å²) in [5, 5.41) is 10.8. The third kappa shape index (κ3) is 6.87. The molecule has 1 aromatic carbocycles. The molecule has 1 saturated carbocycles. The van der Waals surface area contributed by atoms with E-state index < -0.39 is 30.3 Å². The number of amides is 2. The summed E-state index contributed by atoms with van der Waals surface area (Å²) in [7, 11) is 0. The maximum absolute atomic E-state index is 13.5. The number of carbonyl (C=O) groups excluding carboxylic acids is 2. The monoisotopic (exact) mass is 628 g/mol. The van der Waals surface area contributed by atoms with Crippen molar-refractivity contribution in [2.45, 2.75) is 63.8 Å². The largest absolute Gasteiger partial charge is 0.445 e. The number of alkyl halides is 2. The van der Waals surface area contributed by atoms with Crippen molar-refractivity contribution in [2.24, 2.45) is 11.8 Å². The minimum absolute atomic E-state index is 0.115. The second-order valence-electron chi connectivity index (χ2n) is 11.8. The Bertz CT molecular complexity index is 1480. The molecule has 0 radical (unpaired) electrons. The lowest BCUT2D eigenvalue weighted by atomic mass is 9.96. The molecule has 2 unspecified atom stereocenters. The van der Waals surface area contributed by atoms with Gasteiger partial charge in [-0.25, -0.2) is 18.6 Å². The third-order valence-corrected chi connectivity index (χ3v) is 8.74. The van der Waals surface area contributed by atoms with E-state index in [1.165, 1.54) is 6.20 Å². The number of aromatic nitrogens is 4. The summed E-state index contributed by atoms with van der Waals surface area (Å²) in [4.78, 5) is 37.6. The fourth-order valence-electron chi connectivity index (χ4n) is 5.77. The Labute approximate surface area is 258 Å². The van der Waals surface area contributed by atoms with Crippen molar-refractivity contribution in [2.75, 3.05) is 29.9 Å². The van der Waals surface area contributed by atoms with Gasteiger partial charge in [0.2, 0.25) is 11.9 Å². The van der Waals surface area contributed by atoms with Crippen molar-refractivity contribution in [3.63, 3.8) is 0 Å². The standard InChI is InChI=1S/C30H35ClF2N8O3/c1-19-7-12-40(25(13-19)37-27(42)23-14-30(23,32)33)26-24(31)16-34-28(38-26)36-21-15-35-41(17-21)22-8-10-39(11-9-22)29(43)44-18-20-5-3-2-4-6-20/h2-6,15-17,19,22-23,25H,7-14,18H2,1H3,(H,37,42)(H,34,36,38)/t19?,23?,25-/m0/s1. The van der Waals surface area contributed by atoms with Crippen LogP contribution in [0.4, 0.5) is 31.0 Å². The maximum Gasteiger partial charge on any atom is 0.410 e. The first-order chi connectivity index (χ1) is 21.2. The minimum Gasteiger partial charge on any atom is -0.445 e. The fourth-order valence-corrected chi connectivity index (χ4v) is 5.97. The van der Waals surface area contributed by atoms with Crippen LogP contribution < -0.4 is 15.5 Å². The van der Waals surface area contributed by atoms with Crippen LogP contribution in [0.5, 0.6) is 0 Å². The van der Waals surface area contributed by atoms with Crippen molar-refractivity contribution >= 4 is 41.1 Å². The summed E-state index contributed by atoms with van der Waals surface area (Å²) in [5.74, 6) is -3.86. The average Bonchev–Trinajstić information content (AvgIpc) is 3.42. The van der Waals surface area contributed by atoms with Gasteiger partial charge in [-0.2, -0.15) is 10.1 Å². The van der Waals surface area contributed by atoms with E-state index in [2.05, 4.69) is 32.6 Å². The van der Waals surface area contributed by atoms with Crippen LogP contribution in [0.2, 0.25) is 5.02 Å². The van der Waals surface area contributed by atoms with Crippen LogP contribution in [-0.4, -0.2) is 68.4 Å². The number of rotatable bonds is 8. The molecule has 2 aliphatic heterocycles. The molecule has 11 nitrogen and oxygen atoms in total. The molecule has 6 rings (SSSR count). The molecule has 14 heteroatoms. The van der Waals surface area contributed by atoms with E-state index in [9.17, 15) is 18.4 Å². The SMILES string of the molecule is CC1CCN(c2nc(Nc3cnn(C4CCN(C(=O)OCc5ccccc5)CC4)c3)ncc2Cl)[C@H](NC(=O)C2CC2(F)F)C1. The molecular formula is C30H35ClF2N8O3. The molecule has 3 aromatic rings. The normalized spacial score (nSPS) is 23.2. The quantitative estimate of drug-likeness (QED) is 0.342. The molecule has 4 heterocycles. The number of carbonyl (C=O) groups is 2. The molecule has 2 N–H and O–H groups in total. The molecule has 2 saturated heterocycles. The lowest BCUT2D eigenvalue weighted by Crippen LogP contribution is -2.53. The smallest absolute Gasteiger partial charge is 0.410 e. The van der Waals surface area contributed by atoms with E-state index in [4.69, 9.17) is 16.3 Å². The molecule has 234 valence electrons. The van der Waals surface area contributed by atoms with Crippen LogP contribution in [0.25, 0.3) is 0 Å². The van der Waals surface area contributed by atoms with Crippen LogP contribution in [0.3, 0.4) is 0 Å². The van der Waals surface area contributed by atoms with Gasteiger partial charge in [-0.05, 0) is 37.2 Å². The molecule has 1 aliphatic carbocycles. The number of nitrogens with one attached hydrogen (secondary N) is 2. The van der Waals surface area contributed by atoms with Crippen LogP contribution in [-0.2, 0) is 16.1 Å². The van der Waals surface area contributed by atoms with Crippen molar-refractivity contribution in [3.8, 4) is 0 Å². The van der Waals surface area contributed by atoms with Gasteiger partial charge in [0.1, 0.15) is 23.7 Å². The van der Waals surface area contributed by atoms with Gasteiger partial charge in [0.15, 0.2) is 5.82 Å². The Balaban J connectivity index is 1.05. The van der Waals surface area contributed by atoms with Crippen LogP contribution >= 0.6 is 11.6 Å². The molecule has 0 bridgehead atoms. The lowest BCUT2D eigenvalue weighted by molar-refractivity contribution is -0.125. The van der Waals surface area contributed by atoms with Gasteiger partial charge in [-0.1, -0.05) is 48.9 Å². The second-order valence-corrected chi connectivity index (χ2v) is 12.2. The van der Waals surface area contributed by atoms with Crippen LogP contribution in [0, 0.1) is 11.8 Å². The van der Waals surface area contributed by atoms with Crippen molar-refractivity contribution in [1.82, 2.24) is 30.0 Å². The molecule has 0 spiro atoms. The topological polar surface area (TPSA) is 118 Å². The number of likely N-dealkylation sites (tertiary alicyclic amines) is 1. The van der Waals surface area contributed by atoms with E-state index in [0.29, 0.717) is 48.5 Å². The minimum atomic E-state index is -2.94. The summed E-state index contributed by atoms with van der Waals surface area (Å²) < 4.78 is 34.4. The predicted molar refractivity (Wildman–Crippen MR) is 160 cm³/mol. The Morgan fingerprint density at radius 3 is 2.59 bits per heavy atom. The number of piperidine rings is 2. The van der Waals surface area contributed by atoms with E-state index in [0.717, 1.165) is 24.8 Å². The van der Waals surface area contributed by atoms with Gasteiger partial charge in [0.05, 0.1) is 24.1 Å². The zero-order valence-electron chi connectivity index (χ0n) is 24.3. The van der Waals surface area contributed by atoms with E-state index in [1.807, 2.05) is 46.1 Å². The summed E-state index contributed by atoms with van der Waals surface area (Å²) in [6, 6.07) is 9.70. The van der Waals surface area contributed by atoms with E-state index >= 15 is 0 Å². The van der Waals surface area contributed by atoms with Gasteiger partial charge >= 0.3 is 6.09 Å². The van der Waals surface area contributed by atoms with Gasteiger partial charge in [-0.15, -0.1) is 0 Å². The maximum atomic E-state index is 13.5. The van der Waals surface area contributed by atoms with Gasteiger partial charge < -0.3 is 25.2 Å². The number of hydrogen-bond acceptors (Lipinski definition) is 8. The number of halogens is 3. The first-order valence-electron chi connectivity index (χ1n) is 14.9. The molecule has 3 fully saturated rings. The molecule has 44 heavy (non-hydrogen) atoms. The van der Waals surface area contributed by atoms with Crippen LogP contribution in [0.1, 0.15) is 50.6 Å². The lowest BCUT2D eigenvalue weighted by Gasteiger charge is -2.40. The van der Waals surface area contributed by atoms with E-state index in [-0.39, 0.29) is 24.7 Å². The molecular weight excluding hydrogens is 594 g/mol. The molecule has 2 amide bonds. The predicted octanol–water partition coefficient (Wildman–Crippen LogP) is 5.38. The zero-order chi connectivity index (χ0) is 30.8. The molecule has 2 aromatic heterocycles. The number of hydrogen-bond donors (Lipinski definition) is 2. The second kappa shape index (κ2) is 12.5. The number of nitrogens with zero attached hydrogens (tertiary/aromatic N) is 6. The van der Waals surface area contributed by atoms with E-state index in [1.54, 1.807) is 11.1 Å². The van der Waals surface area contributed by atoms with Crippen molar-refractivity contribution < 1.29 is 23.1 Å². The van der Waals surface area contributed by atoms with Crippen LogP contribution in [0.15, 0.2) is 48.9 Å². The van der Waals surface area contributed by atoms with Crippen molar-refractivity contribution in [1.29, 1.82) is 0 Å². The Morgan fingerprint density at radius 1 is 1.11 bits per heavy atom. The number of ether oxygens (including phenoxy) is 1. The zero-order valence-corrected chi connectivity index (χ0v) is 25.1. The summed E-state index contributed by atoms with van der Waals surface area (Å²) in [6.07, 6.45) is 6.68. The average molecular weight is 629 g/mol. The molecule has 3 atom stereocenters. The Hall–Kier alpha value is -4.00. The highest BCUT2D eigenvalue weighted by Gasteiger charge is 2.61. The van der Waals surface area contributed by atoms with Gasteiger partial charge in [0, 0.05) is 32.3 Å². The highest BCUT2D eigenvalue weighted by molar-refractivity contribution is 6.32. The highest BCUT2D eigenvalue weighted by atomic mass is 35.5. The first kappa shape index (κ1) is 30.0. The fraction of sp³-hybridized carbons (Fsp3) is 0.500. The molecule has 3 aliphatic rings. The number of anilines is 3. The Morgan fingerprint density at radius 2 is 1.86 bits per heavy atom. The number of benzene rings is 1. The summed E-state index contributed by atoms with van der Waals surface area (Å²) in [5.41, 5.74) is 1.62. The highest BCUT2D eigenvalue weighted by Crippen LogP contribution is 2.48.